The van der Waals surface area contributed by atoms with E-state index in [-0.39, 0.29) is 12.1 Å². The van der Waals surface area contributed by atoms with Gasteiger partial charge >= 0.3 is 0 Å². The summed E-state index contributed by atoms with van der Waals surface area (Å²) in [7, 11) is 0. The van der Waals surface area contributed by atoms with Crippen molar-refractivity contribution in [1.29, 1.82) is 0 Å². The molecule has 3 atom stereocenters. The van der Waals surface area contributed by atoms with Crippen molar-refractivity contribution in [3.8, 4) is 0 Å². The van der Waals surface area contributed by atoms with Crippen LogP contribution < -0.4 is 5.32 Å². The number of aliphatic hydroxyl groups is 1. The number of aromatic nitrogens is 4. The number of imidazole rings is 2. The molecule has 1 unspecified atom stereocenters. The largest absolute Gasteiger partial charge is 0.391 e. The summed E-state index contributed by atoms with van der Waals surface area (Å²) >= 11 is 0. The van der Waals surface area contributed by atoms with Crippen molar-refractivity contribution in [1.82, 2.24) is 24.4 Å². The first-order valence-electron chi connectivity index (χ1n) is 7.62. The average molecular weight is 289 g/mol. The maximum absolute atomic E-state index is 10.2. The van der Waals surface area contributed by atoms with Crippen molar-refractivity contribution < 1.29 is 5.11 Å². The molecule has 0 saturated heterocycles. The van der Waals surface area contributed by atoms with Crippen LogP contribution >= 0.6 is 0 Å². The second-order valence-electron chi connectivity index (χ2n) is 5.82. The van der Waals surface area contributed by atoms with Crippen molar-refractivity contribution in [2.24, 2.45) is 5.92 Å². The zero-order valence-corrected chi connectivity index (χ0v) is 12.4. The Morgan fingerprint density at radius 3 is 3.00 bits per heavy atom. The fraction of sp³-hybridized carbons (Fsp3) is 0.600. The molecule has 0 aliphatic heterocycles. The van der Waals surface area contributed by atoms with Gasteiger partial charge in [-0.15, -0.1) is 0 Å². The van der Waals surface area contributed by atoms with Crippen LogP contribution in [0.5, 0.6) is 0 Å². The molecule has 1 aliphatic carbocycles. The van der Waals surface area contributed by atoms with Gasteiger partial charge in [-0.1, -0.05) is 0 Å². The van der Waals surface area contributed by atoms with Crippen molar-refractivity contribution >= 4 is 0 Å². The highest BCUT2D eigenvalue weighted by Gasteiger charge is 2.32. The van der Waals surface area contributed by atoms with Gasteiger partial charge in [0.05, 0.1) is 24.5 Å². The zero-order chi connectivity index (χ0) is 14.7. The van der Waals surface area contributed by atoms with Gasteiger partial charge in [0.15, 0.2) is 0 Å². The predicted octanol–water partition coefficient (Wildman–Crippen LogP) is 1.03. The summed E-state index contributed by atoms with van der Waals surface area (Å²) in [5, 5.41) is 13.7. The van der Waals surface area contributed by atoms with Crippen LogP contribution in [0.15, 0.2) is 31.2 Å². The van der Waals surface area contributed by atoms with Crippen LogP contribution in [0.25, 0.3) is 0 Å². The lowest BCUT2D eigenvalue weighted by Gasteiger charge is -2.17. The van der Waals surface area contributed by atoms with Crippen LogP contribution in [0, 0.1) is 5.92 Å². The molecule has 114 valence electrons. The first-order chi connectivity index (χ1) is 10.3. The predicted molar refractivity (Wildman–Crippen MR) is 79.5 cm³/mol. The number of nitrogens with zero attached hydrogens (tertiary/aromatic N) is 4. The normalized spacial score (nSPS) is 25.5. The van der Waals surface area contributed by atoms with E-state index < -0.39 is 0 Å². The van der Waals surface area contributed by atoms with Gasteiger partial charge in [0.2, 0.25) is 0 Å². The summed E-state index contributed by atoms with van der Waals surface area (Å²) in [4.78, 5) is 8.24. The molecule has 2 N–H and O–H groups in total. The van der Waals surface area contributed by atoms with Crippen LogP contribution in [-0.2, 0) is 19.6 Å². The highest BCUT2D eigenvalue weighted by atomic mass is 16.3. The van der Waals surface area contributed by atoms with Gasteiger partial charge < -0.3 is 19.6 Å². The molecule has 0 spiro atoms. The zero-order valence-electron chi connectivity index (χ0n) is 12.4. The molecule has 0 amide bonds. The van der Waals surface area contributed by atoms with Gasteiger partial charge in [-0.2, -0.15) is 0 Å². The second kappa shape index (κ2) is 6.41. The van der Waals surface area contributed by atoms with E-state index in [1.165, 1.54) is 5.69 Å². The van der Waals surface area contributed by atoms with Gasteiger partial charge in [0.1, 0.15) is 0 Å². The van der Waals surface area contributed by atoms with Gasteiger partial charge in [-0.3, -0.25) is 0 Å². The molecular formula is C15H23N5O. The lowest BCUT2D eigenvalue weighted by atomic mass is 10.1. The standard InChI is InChI=1S/C15H23N5O/c1-2-20-11-17-7-13(20)8-18-14-5-12(6-15(14)21)9-19-4-3-16-10-19/h3-4,7,10-12,14-15,18,21H,2,5-6,8-9H2,1H3/t12?,14-,15-/m1/s1. The summed E-state index contributed by atoms with van der Waals surface area (Å²) in [5.74, 6) is 0.503. The van der Waals surface area contributed by atoms with E-state index in [4.69, 9.17) is 0 Å². The number of nitrogens with one attached hydrogen (secondary N) is 1. The minimum absolute atomic E-state index is 0.165. The summed E-state index contributed by atoms with van der Waals surface area (Å²) in [5.41, 5.74) is 1.17. The molecule has 21 heavy (non-hydrogen) atoms. The van der Waals surface area contributed by atoms with E-state index in [0.717, 1.165) is 32.5 Å². The van der Waals surface area contributed by atoms with E-state index in [2.05, 4.69) is 31.3 Å². The van der Waals surface area contributed by atoms with Gasteiger partial charge in [-0.25, -0.2) is 9.97 Å². The second-order valence-corrected chi connectivity index (χ2v) is 5.82. The Bertz CT molecular complexity index is 550. The molecule has 3 rings (SSSR count). The fourth-order valence-corrected chi connectivity index (χ4v) is 3.20. The number of hydrogen-bond acceptors (Lipinski definition) is 4. The fourth-order valence-electron chi connectivity index (χ4n) is 3.20. The van der Waals surface area contributed by atoms with E-state index in [1.807, 2.05) is 25.0 Å². The van der Waals surface area contributed by atoms with Crippen LogP contribution in [0.1, 0.15) is 25.5 Å². The van der Waals surface area contributed by atoms with Crippen LogP contribution in [-0.4, -0.2) is 36.4 Å². The lowest BCUT2D eigenvalue weighted by molar-refractivity contribution is 0.145. The van der Waals surface area contributed by atoms with E-state index in [9.17, 15) is 5.11 Å². The van der Waals surface area contributed by atoms with Crippen molar-refractivity contribution in [2.45, 2.75) is 51.5 Å². The SMILES string of the molecule is CCn1cncc1CN[C@@H]1CC(Cn2ccnc2)C[C@H]1O. The molecule has 0 aromatic carbocycles. The molecule has 0 radical (unpaired) electrons. The summed E-state index contributed by atoms with van der Waals surface area (Å²) in [6, 6.07) is 0.165. The first-order valence-corrected chi connectivity index (χ1v) is 7.62. The third-order valence-corrected chi connectivity index (χ3v) is 4.34. The Morgan fingerprint density at radius 1 is 1.33 bits per heavy atom. The Morgan fingerprint density at radius 2 is 2.24 bits per heavy atom. The van der Waals surface area contributed by atoms with Crippen LogP contribution in [0.4, 0.5) is 0 Å². The smallest absolute Gasteiger partial charge is 0.0948 e. The molecule has 2 aromatic heterocycles. The molecule has 6 heteroatoms. The topological polar surface area (TPSA) is 67.9 Å². The Labute approximate surface area is 124 Å². The summed E-state index contributed by atoms with van der Waals surface area (Å²) in [6.07, 6.45) is 10.9. The van der Waals surface area contributed by atoms with Crippen LogP contribution in [0.3, 0.4) is 0 Å². The first kappa shape index (κ1) is 14.3. The Balaban J connectivity index is 1.52. The third kappa shape index (κ3) is 3.33. The molecule has 1 aliphatic rings. The van der Waals surface area contributed by atoms with Crippen molar-refractivity contribution in [3.63, 3.8) is 0 Å². The lowest BCUT2D eigenvalue weighted by Crippen LogP contribution is -2.35. The molecular weight excluding hydrogens is 266 g/mol. The highest BCUT2D eigenvalue weighted by molar-refractivity contribution is 4.99. The molecule has 2 heterocycles. The Hall–Kier alpha value is -1.66. The van der Waals surface area contributed by atoms with Crippen molar-refractivity contribution in [3.05, 3.63) is 36.9 Å². The minimum Gasteiger partial charge on any atom is -0.391 e. The maximum atomic E-state index is 10.2. The average Bonchev–Trinajstić information content (AvgIpc) is 3.18. The van der Waals surface area contributed by atoms with E-state index >= 15 is 0 Å². The minimum atomic E-state index is -0.267. The van der Waals surface area contributed by atoms with Gasteiger partial charge in [0.25, 0.3) is 0 Å². The highest BCUT2D eigenvalue weighted by Crippen LogP contribution is 2.27. The third-order valence-electron chi connectivity index (χ3n) is 4.34. The number of rotatable bonds is 6. The monoisotopic (exact) mass is 289 g/mol. The van der Waals surface area contributed by atoms with E-state index in [0.29, 0.717) is 5.92 Å². The number of aliphatic hydroxyl groups excluding tert-OH is 1. The maximum Gasteiger partial charge on any atom is 0.0948 e. The number of aryl methyl sites for hydroxylation is 1. The summed E-state index contributed by atoms with van der Waals surface area (Å²) < 4.78 is 4.21. The van der Waals surface area contributed by atoms with E-state index in [1.54, 1.807) is 6.20 Å². The Kier molecular flexibility index (Phi) is 4.36. The van der Waals surface area contributed by atoms with Crippen LogP contribution in [0.2, 0.25) is 0 Å². The van der Waals surface area contributed by atoms with Crippen molar-refractivity contribution in [2.75, 3.05) is 0 Å². The molecule has 2 aromatic rings. The molecule has 6 nitrogen and oxygen atoms in total. The molecule has 1 fully saturated rings. The van der Waals surface area contributed by atoms with Gasteiger partial charge in [0, 0.05) is 44.3 Å². The quantitative estimate of drug-likeness (QED) is 0.833. The summed E-state index contributed by atoms with van der Waals surface area (Å²) in [6.45, 7) is 4.72. The number of hydrogen-bond donors (Lipinski definition) is 2. The molecule has 1 saturated carbocycles. The van der Waals surface area contributed by atoms with Gasteiger partial charge in [-0.05, 0) is 25.7 Å². The molecule has 0 bridgehead atoms.